The van der Waals surface area contributed by atoms with E-state index < -0.39 is 0 Å². The molecule has 2 rings (SSSR count). The molecule has 1 aromatic rings. The van der Waals surface area contributed by atoms with Crippen LogP contribution in [0.25, 0.3) is 0 Å². The fourth-order valence-corrected chi connectivity index (χ4v) is 3.31. The fraction of sp³-hybridized carbons (Fsp3) is 0.600. The van der Waals surface area contributed by atoms with Crippen molar-refractivity contribution in [2.75, 3.05) is 13.2 Å². The van der Waals surface area contributed by atoms with Gasteiger partial charge in [0.05, 0.1) is 10.4 Å². The molecule has 1 fully saturated rings. The number of thiophene rings is 1. The molecular formula is C10H14BrNOS. The third-order valence-corrected chi connectivity index (χ3v) is 4.28. The van der Waals surface area contributed by atoms with Gasteiger partial charge in [-0.2, -0.15) is 0 Å². The first-order valence-electron chi connectivity index (χ1n) is 4.83. The molecule has 78 valence electrons. The van der Waals surface area contributed by atoms with Crippen LogP contribution in [0.2, 0.25) is 0 Å². The van der Waals surface area contributed by atoms with E-state index in [9.17, 15) is 0 Å². The Labute approximate surface area is 96.6 Å². The van der Waals surface area contributed by atoms with Crippen LogP contribution < -0.4 is 5.73 Å². The molecule has 1 aliphatic heterocycles. The summed E-state index contributed by atoms with van der Waals surface area (Å²) in [6, 6.07) is 4.48. The van der Waals surface area contributed by atoms with Crippen LogP contribution >= 0.6 is 27.3 Å². The summed E-state index contributed by atoms with van der Waals surface area (Å²) in [6.45, 7) is 1.72. The molecule has 0 radical (unpaired) electrons. The molecule has 0 aliphatic carbocycles. The van der Waals surface area contributed by atoms with Crippen molar-refractivity contribution in [3.05, 3.63) is 20.8 Å². The van der Waals surface area contributed by atoms with Gasteiger partial charge < -0.3 is 10.5 Å². The minimum Gasteiger partial charge on any atom is -0.381 e. The smallest absolute Gasteiger partial charge is 0.0701 e. The van der Waals surface area contributed by atoms with Crippen LogP contribution in [0.1, 0.15) is 11.3 Å². The number of ether oxygens (including phenoxy) is 1. The molecule has 2 N–H and O–H groups in total. The molecule has 0 saturated carbocycles. The molecule has 14 heavy (non-hydrogen) atoms. The van der Waals surface area contributed by atoms with E-state index in [-0.39, 0.29) is 6.04 Å². The highest BCUT2D eigenvalue weighted by molar-refractivity contribution is 9.11. The van der Waals surface area contributed by atoms with Crippen LogP contribution in [-0.2, 0) is 11.2 Å². The van der Waals surface area contributed by atoms with Gasteiger partial charge in [0.25, 0.3) is 0 Å². The summed E-state index contributed by atoms with van der Waals surface area (Å²) in [5.41, 5.74) is 6.13. The number of rotatable bonds is 3. The summed E-state index contributed by atoms with van der Waals surface area (Å²) < 4.78 is 6.52. The molecule has 4 heteroatoms. The Hall–Kier alpha value is 0.1000. The number of halogens is 1. The second-order valence-electron chi connectivity index (χ2n) is 3.70. The normalized spacial score (nSPS) is 24.0. The lowest BCUT2D eigenvalue weighted by molar-refractivity contribution is 0.180. The van der Waals surface area contributed by atoms with Crippen molar-refractivity contribution in [3.63, 3.8) is 0 Å². The summed E-state index contributed by atoms with van der Waals surface area (Å²) >= 11 is 5.23. The van der Waals surface area contributed by atoms with E-state index >= 15 is 0 Å². The number of hydrogen-bond acceptors (Lipinski definition) is 3. The summed E-state index contributed by atoms with van der Waals surface area (Å²) in [4.78, 5) is 1.36. The van der Waals surface area contributed by atoms with Crippen molar-refractivity contribution in [1.82, 2.24) is 0 Å². The second-order valence-corrected chi connectivity index (χ2v) is 6.25. The third-order valence-electron chi connectivity index (χ3n) is 2.64. The topological polar surface area (TPSA) is 35.2 Å². The van der Waals surface area contributed by atoms with Crippen LogP contribution in [0.15, 0.2) is 15.9 Å². The molecule has 1 aliphatic rings. The van der Waals surface area contributed by atoms with E-state index in [2.05, 4.69) is 28.1 Å². The summed E-state index contributed by atoms with van der Waals surface area (Å²) in [5.74, 6) is 0.552. The van der Waals surface area contributed by atoms with E-state index in [1.165, 1.54) is 8.66 Å². The van der Waals surface area contributed by atoms with Crippen LogP contribution in [-0.4, -0.2) is 19.3 Å². The van der Waals surface area contributed by atoms with Crippen molar-refractivity contribution in [3.8, 4) is 0 Å². The average Bonchev–Trinajstić information content (AvgIpc) is 2.75. The Balaban J connectivity index is 1.90. The average molecular weight is 276 g/mol. The first-order chi connectivity index (χ1) is 6.75. The van der Waals surface area contributed by atoms with E-state index in [1.54, 1.807) is 11.3 Å². The molecule has 2 nitrogen and oxygen atoms in total. The summed E-state index contributed by atoms with van der Waals surface area (Å²) in [7, 11) is 0. The second kappa shape index (κ2) is 4.75. The molecule has 0 spiro atoms. The maximum absolute atomic E-state index is 6.13. The first kappa shape index (κ1) is 10.6. The molecular weight excluding hydrogens is 262 g/mol. The van der Waals surface area contributed by atoms with Crippen molar-refractivity contribution >= 4 is 27.3 Å². The minimum atomic E-state index is 0.253. The van der Waals surface area contributed by atoms with Gasteiger partial charge in [-0.15, -0.1) is 11.3 Å². The molecule has 0 bridgehead atoms. The van der Waals surface area contributed by atoms with Crippen LogP contribution in [0.5, 0.6) is 0 Å². The molecule has 2 unspecified atom stereocenters. The Morgan fingerprint density at radius 3 is 3.07 bits per heavy atom. The predicted octanol–water partition coefficient (Wildman–Crippen LogP) is 2.42. The lowest BCUT2D eigenvalue weighted by Gasteiger charge is -2.16. The molecule has 0 amide bonds. The van der Waals surface area contributed by atoms with Gasteiger partial charge >= 0.3 is 0 Å². The van der Waals surface area contributed by atoms with Crippen molar-refractivity contribution in [2.24, 2.45) is 11.7 Å². The van der Waals surface area contributed by atoms with Gasteiger partial charge in [0.2, 0.25) is 0 Å². The van der Waals surface area contributed by atoms with Crippen LogP contribution in [0, 0.1) is 5.92 Å². The Bertz CT molecular complexity index is 296. The Morgan fingerprint density at radius 2 is 2.50 bits per heavy atom. The number of hydrogen-bond donors (Lipinski definition) is 1. The standard InChI is InChI=1S/C10H14BrNOS/c11-10-2-1-8(14-10)5-9(12)7-3-4-13-6-7/h1-2,7,9H,3-6,12H2. The van der Waals surface area contributed by atoms with Crippen molar-refractivity contribution in [1.29, 1.82) is 0 Å². The van der Waals surface area contributed by atoms with Crippen LogP contribution in [0.4, 0.5) is 0 Å². The van der Waals surface area contributed by atoms with E-state index in [1.807, 2.05) is 0 Å². The highest BCUT2D eigenvalue weighted by Gasteiger charge is 2.23. The van der Waals surface area contributed by atoms with E-state index in [4.69, 9.17) is 10.5 Å². The SMILES string of the molecule is NC(Cc1ccc(Br)s1)C1CCOC1. The van der Waals surface area contributed by atoms with Gasteiger partial charge in [-0.3, -0.25) is 0 Å². The minimum absolute atomic E-state index is 0.253. The number of nitrogens with two attached hydrogens (primary N) is 1. The van der Waals surface area contributed by atoms with E-state index in [0.29, 0.717) is 5.92 Å². The zero-order valence-electron chi connectivity index (χ0n) is 7.91. The summed E-state index contributed by atoms with van der Waals surface area (Å²) in [6.07, 6.45) is 2.10. The van der Waals surface area contributed by atoms with Gasteiger partial charge in [-0.05, 0) is 46.8 Å². The largest absolute Gasteiger partial charge is 0.381 e. The highest BCUT2D eigenvalue weighted by Crippen LogP contribution is 2.25. The van der Waals surface area contributed by atoms with Gasteiger partial charge in [0, 0.05) is 17.5 Å². The van der Waals surface area contributed by atoms with Crippen molar-refractivity contribution < 1.29 is 4.74 Å². The van der Waals surface area contributed by atoms with E-state index in [0.717, 1.165) is 26.1 Å². The highest BCUT2D eigenvalue weighted by atomic mass is 79.9. The lowest BCUT2D eigenvalue weighted by atomic mass is 9.97. The van der Waals surface area contributed by atoms with Gasteiger partial charge in [0.15, 0.2) is 0 Å². The molecule has 2 atom stereocenters. The zero-order chi connectivity index (χ0) is 9.97. The monoisotopic (exact) mass is 275 g/mol. The van der Waals surface area contributed by atoms with Crippen molar-refractivity contribution in [2.45, 2.75) is 18.9 Å². The molecule has 1 aromatic heterocycles. The summed E-state index contributed by atoms with van der Waals surface area (Å²) in [5, 5.41) is 0. The predicted molar refractivity (Wildman–Crippen MR) is 62.6 cm³/mol. The van der Waals surface area contributed by atoms with Crippen LogP contribution in [0.3, 0.4) is 0 Å². The Morgan fingerprint density at radius 1 is 1.64 bits per heavy atom. The molecule has 0 aromatic carbocycles. The zero-order valence-corrected chi connectivity index (χ0v) is 10.3. The molecule has 1 saturated heterocycles. The van der Waals surface area contributed by atoms with Gasteiger partial charge in [0.1, 0.15) is 0 Å². The van der Waals surface area contributed by atoms with Gasteiger partial charge in [-0.25, -0.2) is 0 Å². The van der Waals surface area contributed by atoms with Gasteiger partial charge in [-0.1, -0.05) is 0 Å². The fourth-order valence-electron chi connectivity index (χ4n) is 1.75. The quantitative estimate of drug-likeness (QED) is 0.920. The maximum Gasteiger partial charge on any atom is 0.0701 e. The first-order valence-corrected chi connectivity index (χ1v) is 6.44. The Kier molecular flexibility index (Phi) is 3.60. The lowest BCUT2D eigenvalue weighted by Crippen LogP contribution is -2.32. The maximum atomic E-state index is 6.13. The third kappa shape index (κ3) is 2.57. The molecule has 2 heterocycles.